The first-order valence-corrected chi connectivity index (χ1v) is 7.41. The summed E-state index contributed by atoms with van der Waals surface area (Å²) < 4.78 is 0. The van der Waals surface area contributed by atoms with E-state index in [0.29, 0.717) is 19.5 Å². The molecule has 1 atom stereocenters. The van der Waals surface area contributed by atoms with E-state index in [1.54, 1.807) is 4.90 Å². The number of aryl methyl sites for hydroxylation is 1. The summed E-state index contributed by atoms with van der Waals surface area (Å²) in [4.78, 5) is 26.3. The van der Waals surface area contributed by atoms with E-state index in [-0.39, 0.29) is 17.2 Å². The third kappa shape index (κ3) is 3.84. The number of hydrogen-bond acceptors (Lipinski definition) is 2. The van der Waals surface area contributed by atoms with Gasteiger partial charge in [-0.3, -0.25) is 9.59 Å². The number of hydrogen-bond donors (Lipinski definition) is 1. The molecule has 1 unspecified atom stereocenters. The standard InChI is InChI=1S/C17H24N2O2/c1-12-5-7-13(8-6-12)11-19-10-9-14(20)18-15(16(19)21)17(2,3)4/h5-8,15H,9-11H2,1-4H3,(H,18,20). The van der Waals surface area contributed by atoms with Crippen molar-refractivity contribution in [2.45, 2.75) is 46.7 Å². The summed E-state index contributed by atoms with van der Waals surface area (Å²) in [6.45, 7) is 9.01. The zero-order valence-corrected chi connectivity index (χ0v) is 13.3. The normalized spacial score (nSPS) is 20.2. The fourth-order valence-corrected chi connectivity index (χ4v) is 2.48. The molecule has 1 aliphatic heterocycles. The van der Waals surface area contributed by atoms with Crippen molar-refractivity contribution in [1.82, 2.24) is 10.2 Å². The van der Waals surface area contributed by atoms with Crippen molar-refractivity contribution in [2.24, 2.45) is 5.41 Å². The number of carbonyl (C=O) groups excluding carboxylic acids is 2. The van der Waals surface area contributed by atoms with Gasteiger partial charge in [0, 0.05) is 19.5 Å². The van der Waals surface area contributed by atoms with Crippen LogP contribution in [0.3, 0.4) is 0 Å². The van der Waals surface area contributed by atoms with Gasteiger partial charge in [-0.25, -0.2) is 0 Å². The monoisotopic (exact) mass is 288 g/mol. The molecule has 1 N–H and O–H groups in total. The maximum atomic E-state index is 12.7. The van der Waals surface area contributed by atoms with Crippen molar-refractivity contribution < 1.29 is 9.59 Å². The molecular weight excluding hydrogens is 264 g/mol. The molecular formula is C17H24N2O2. The molecule has 0 radical (unpaired) electrons. The smallest absolute Gasteiger partial charge is 0.246 e. The van der Waals surface area contributed by atoms with E-state index in [0.717, 1.165) is 5.56 Å². The first-order valence-electron chi connectivity index (χ1n) is 7.41. The van der Waals surface area contributed by atoms with Gasteiger partial charge in [0.05, 0.1) is 0 Å². The highest BCUT2D eigenvalue weighted by Gasteiger charge is 2.37. The van der Waals surface area contributed by atoms with Crippen LogP contribution in [0.15, 0.2) is 24.3 Å². The van der Waals surface area contributed by atoms with Crippen molar-refractivity contribution in [1.29, 1.82) is 0 Å². The van der Waals surface area contributed by atoms with E-state index in [1.807, 2.05) is 52.0 Å². The second kappa shape index (κ2) is 5.88. The van der Waals surface area contributed by atoms with Gasteiger partial charge in [0.25, 0.3) is 0 Å². The van der Waals surface area contributed by atoms with Crippen LogP contribution in [-0.4, -0.2) is 29.3 Å². The van der Waals surface area contributed by atoms with Crippen LogP contribution in [-0.2, 0) is 16.1 Å². The molecule has 4 nitrogen and oxygen atoms in total. The summed E-state index contributed by atoms with van der Waals surface area (Å²) in [5.41, 5.74) is 2.00. The Morgan fingerprint density at radius 2 is 1.81 bits per heavy atom. The van der Waals surface area contributed by atoms with Crippen LogP contribution in [0.4, 0.5) is 0 Å². The number of carbonyl (C=O) groups is 2. The fraction of sp³-hybridized carbons (Fsp3) is 0.529. The highest BCUT2D eigenvalue weighted by atomic mass is 16.2. The molecule has 2 amide bonds. The lowest BCUT2D eigenvalue weighted by Crippen LogP contribution is -2.51. The average molecular weight is 288 g/mol. The molecule has 1 fully saturated rings. The third-order valence-electron chi connectivity index (χ3n) is 3.83. The van der Waals surface area contributed by atoms with Crippen LogP contribution in [0, 0.1) is 12.3 Å². The quantitative estimate of drug-likeness (QED) is 0.907. The molecule has 4 heteroatoms. The lowest BCUT2D eigenvalue weighted by atomic mass is 9.86. The van der Waals surface area contributed by atoms with E-state index in [9.17, 15) is 9.59 Å². The molecule has 1 heterocycles. The summed E-state index contributed by atoms with van der Waals surface area (Å²) in [6.07, 6.45) is 0.365. The maximum absolute atomic E-state index is 12.7. The predicted molar refractivity (Wildman–Crippen MR) is 82.6 cm³/mol. The van der Waals surface area contributed by atoms with Crippen molar-refractivity contribution in [3.63, 3.8) is 0 Å². The van der Waals surface area contributed by atoms with Crippen LogP contribution in [0.25, 0.3) is 0 Å². The summed E-state index contributed by atoms with van der Waals surface area (Å²) >= 11 is 0. The number of amides is 2. The van der Waals surface area contributed by atoms with Crippen molar-refractivity contribution in [3.8, 4) is 0 Å². The summed E-state index contributed by atoms with van der Waals surface area (Å²) in [6, 6.07) is 7.70. The van der Waals surface area contributed by atoms with Gasteiger partial charge < -0.3 is 10.2 Å². The Kier molecular flexibility index (Phi) is 4.35. The van der Waals surface area contributed by atoms with Gasteiger partial charge in [0.2, 0.25) is 11.8 Å². The minimum Gasteiger partial charge on any atom is -0.344 e. The average Bonchev–Trinajstić information content (AvgIpc) is 2.54. The number of nitrogens with zero attached hydrogens (tertiary/aromatic N) is 1. The Balaban J connectivity index is 2.19. The van der Waals surface area contributed by atoms with Gasteiger partial charge in [-0.05, 0) is 17.9 Å². The highest BCUT2D eigenvalue weighted by molar-refractivity contribution is 5.90. The number of nitrogens with one attached hydrogen (secondary N) is 1. The molecule has 0 saturated carbocycles. The Labute approximate surface area is 126 Å². The molecule has 0 bridgehead atoms. The van der Waals surface area contributed by atoms with Gasteiger partial charge in [-0.15, -0.1) is 0 Å². The molecule has 1 saturated heterocycles. The van der Waals surface area contributed by atoms with Gasteiger partial charge in [-0.2, -0.15) is 0 Å². The Hall–Kier alpha value is -1.84. The first-order chi connectivity index (χ1) is 9.77. The Bertz CT molecular complexity index is 529. The van der Waals surface area contributed by atoms with Gasteiger partial charge in [0.15, 0.2) is 0 Å². The topological polar surface area (TPSA) is 49.4 Å². The zero-order chi connectivity index (χ0) is 15.6. The summed E-state index contributed by atoms with van der Waals surface area (Å²) in [5.74, 6) is -0.0383. The summed E-state index contributed by atoms with van der Waals surface area (Å²) in [5, 5.41) is 2.86. The second-order valence-corrected chi connectivity index (χ2v) is 6.86. The first kappa shape index (κ1) is 15.5. The van der Waals surface area contributed by atoms with Crippen LogP contribution in [0.2, 0.25) is 0 Å². The van der Waals surface area contributed by atoms with Crippen molar-refractivity contribution >= 4 is 11.8 Å². The maximum Gasteiger partial charge on any atom is 0.246 e. The number of rotatable bonds is 2. The molecule has 2 rings (SSSR count). The van der Waals surface area contributed by atoms with E-state index in [4.69, 9.17) is 0 Å². The van der Waals surface area contributed by atoms with Gasteiger partial charge in [0.1, 0.15) is 6.04 Å². The molecule has 114 valence electrons. The zero-order valence-electron chi connectivity index (χ0n) is 13.3. The fourth-order valence-electron chi connectivity index (χ4n) is 2.48. The highest BCUT2D eigenvalue weighted by Crippen LogP contribution is 2.24. The summed E-state index contributed by atoms with van der Waals surface area (Å²) in [7, 11) is 0. The van der Waals surface area contributed by atoms with Crippen LogP contribution in [0.5, 0.6) is 0 Å². The largest absolute Gasteiger partial charge is 0.344 e. The van der Waals surface area contributed by atoms with Crippen LogP contribution < -0.4 is 5.32 Å². The Morgan fingerprint density at radius 1 is 1.19 bits per heavy atom. The Morgan fingerprint density at radius 3 is 2.38 bits per heavy atom. The second-order valence-electron chi connectivity index (χ2n) is 6.86. The molecule has 1 aromatic carbocycles. The van der Waals surface area contributed by atoms with Gasteiger partial charge in [-0.1, -0.05) is 50.6 Å². The van der Waals surface area contributed by atoms with Crippen LogP contribution >= 0.6 is 0 Å². The van der Waals surface area contributed by atoms with E-state index in [2.05, 4.69) is 5.32 Å². The van der Waals surface area contributed by atoms with E-state index >= 15 is 0 Å². The third-order valence-corrected chi connectivity index (χ3v) is 3.83. The van der Waals surface area contributed by atoms with Gasteiger partial charge >= 0.3 is 0 Å². The minimum atomic E-state index is -0.460. The molecule has 1 aromatic rings. The van der Waals surface area contributed by atoms with E-state index < -0.39 is 6.04 Å². The predicted octanol–water partition coefficient (Wildman–Crippen LogP) is 2.26. The molecule has 0 spiro atoms. The van der Waals surface area contributed by atoms with Crippen molar-refractivity contribution in [3.05, 3.63) is 35.4 Å². The lowest BCUT2D eigenvalue weighted by Gasteiger charge is -2.32. The lowest BCUT2D eigenvalue weighted by molar-refractivity contribution is -0.136. The molecule has 21 heavy (non-hydrogen) atoms. The number of benzene rings is 1. The SMILES string of the molecule is Cc1ccc(CN2CCC(=O)NC(C(C)(C)C)C2=O)cc1. The molecule has 0 aliphatic carbocycles. The van der Waals surface area contributed by atoms with E-state index in [1.165, 1.54) is 5.56 Å². The minimum absolute atomic E-state index is 0.00826. The molecule has 0 aromatic heterocycles. The van der Waals surface area contributed by atoms with Crippen molar-refractivity contribution in [2.75, 3.05) is 6.54 Å². The molecule has 1 aliphatic rings. The van der Waals surface area contributed by atoms with Crippen LogP contribution in [0.1, 0.15) is 38.3 Å².